The zero-order chi connectivity index (χ0) is 27.9. The monoisotopic (exact) mass is 565 g/mol. The fourth-order valence-electron chi connectivity index (χ4n) is 6.44. The Morgan fingerprint density at radius 3 is 2.46 bits per heavy atom. The molecule has 2 fully saturated rings. The summed E-state index contributed by atoms with van der Waals surface area (Å²) < 4.78 is 58.3. The van der Waals surface area contributed by atoms with Crippen molar-refractivity contribution in [2.45, 2.75) is 76.5 Å². The van der Waals surface area contributed by atoms with Crippen molar-refractivity contribution < 1.29 is 32.2 Å². The standard InChI is InChI=1S/C30H35ClF3NO4/c1-17(28(36)37-3)25(19-4-5-19)22-8-6-20-10-11-30(39-27(20)26(22)32)12-14-35(15-13-30)18(2)23-16-21(31)7-9-24(23)38-29(33)34/h6-9,16-19,25,29H,4-5,10-15H2,1-3H3. The molecule has 0 aromatic heterocycles. The molecule has 2 aliphatic heterocycles. The van der Waals surface area contributed by atoms with Crippen molar-refractivity contribution in [1.82, 2.24) is 4.90 Å². The summed E-state index contributed by atoms with van der Waals surface area (Å²) in [6, 6.07) is 8.25. The Bertz CT molecular complexity index is 1210. The quantitative estimate of drug-likeness (QED) is 0.314. The zero-order valence-corrected chi connectivity index (χ0v) is 23.3. The molecule has 0 amide bonds. The van der Waals surface area contributed by atoms with Gasteiger partial charge in [0.15, 0.2) is 11.6 Å². The van der Waals surface area contributed by atoms with Crippen molar-refractivity contribution in [2.24, 2.45) is 11.8 Å². The minimum atomic E-state index is -2.92. The molecule has 39 heavy (non-hydrogen) atoms. The molecule has 3 aliphatic rings. The van der Waals surface area contributed by atoms with Crippen LogP contribution in [0.1, 0.15) is 74.6 Å². The summed E-state index contributed by atoms with van der Waals surface area (Å²) in [5.41, 5.74) is 1.49. The molecule has 1 aliphatic carbocycles. The van der Waals surface area contributed by atoms with Crippen LogP contribution in [0, 0.1) is 17.7 Å². The van der Waals surface area contributed by atoms with Gasteiger partial charge in [-0.25, -0.2) is 4.39 Å². The van der Waals surface area contributed by atoms with E-state index in [0.29, 0.717) is 54.3 Å². The number of carbonyl (C=O) groups excluding carboxylic acids is 1. The molecule has 2 aromatic rings. The van der Waals surface area contributed by atoms with E-state index in [1.54, 1.807) is 6.07 Å². The maximum atomic E-state index is 16.1. The summed E-state index contributed by atoms with van der Waals surface area (Å²) in [5, 5.41) is 0.455. The number of rotatable bonds is 8. The Kier molecular flexibility index (Phi) is 8.07. The van der Waals surface area contributed by atoms with E-state index in [4.69, 9.17) is 25.8 Å². The second-order valence-corrected chi connectivity index (χ2v) is 11.6. The zero-order valence-electron chi connectivity index (χ0n) is 22.5. The highest BCUT2D eigenvalue weighted by Crippen LogP contribution is 2.50. The topological polar surface area (TPSA) is 48.0 Å². The third kappa shape index (κ3) is 5.73. The lowest BCUT2D eigenvalue weighted by atomic mass is 9.79. The number of alkyl halides is 2. The normalized spacial score (nSPS) is 21.1. The highest BCUT2D eigenvalue weighted by atomic mass is 35.5. The second kappa shape index (κ2) is 11.2. The molecule has 5 rings (SSSR count). The Balaban J connectivity index is 1.33. The number of halogens is 4. The number of carbonyl (C=O) groups is 1. The molecular weight excluding hydrogens is 531 g/mol. The van der Waals surface area contributed by atoms with Gasteiger partial charge in [0.25, 0.3) is 0 Å². The van der Waals surface area contributed by atoms with E-state index < -0.39 is 18.1 Å². The van der Waals surface area contributed by atoms with Crippen LogP contribution in [0.25, 0.3) is 0 Å². The Hall–Kier alpha value is -2.45. The predicted octanol–water partition coefficient (Wildman–Crippen LogP) is 7.30. The Morgan fingerprint density at radius 2 is 1.82 bits per heavy atom. The third-order valence-electron chi connectivity index (χ3n) is 8.87. The SMILES string of the molecule is COC(=O)C(C)C(c1ccc2c(c1F)OC1(CC2)CCN(C(C)c2cc(Cl)ccc2OC(F)F)CC1)C1CC1. The third-order valence-corrected chi connectivity index (χ3v) is 9.11. The molecule has 0 N–H and O–H groups in total. The molecule has 2 aromatic carbocycles. The molecule has 212 valence electrons. The van der Waals surface area contributed by atoms with Gasteiger partial charge in [-0.15, -0.1) is 0 Å². The molecule has 0 radical (unpaired) electrons. The number of nitrogens with zero attached hydrogens (tertiary/aromatic N) is 1. The molecule has 2 heterocycles. The minimum Gasteiger partial charge on any atom is -0.484 e. The van der Waals surface area contributed by atoms with Crippen molar-refractivity contribution in [2.75, 3.05) is 20.2 Å². The van der Waals surface area contributed by atoms with Gasteiger partial charge in [0.1, 0.15) is 11.4 Å². The van der Waals surface area contributed by atoms with Crippen molar-refractivity contribution in [3.05, 3.63) is 57.9 Å². The van der Waals surface area contributed by atoms with Crippen LogP contribution >= 0.6 is 11.6 Å². The van der Waals surface area contributed by atoms with Crippen molar-refractivity contribution in [3.63, 3.8) is 0 Å². The molecular formula is C30H35ClF3NO4. The van der Waals surface area contributed by atoms with E-state index in [-0.39, 0.29) is 35.4 Å². The molecule has 1 saturated carbocycles. The predicted molar refractivity (Wildman–Crippen MR) is 142 cm³/mol. The van der Waals surface area contributed by atoms with E-state index in [2.05, 4.69) is 4.90 Å². The molecule has 5 nitrogen and oxygen atoms in total. The van der Waals surface area contributed by atoms with Gasteiger partial charge < -0.3 is 14.2 Å². The van der Waals surface area contributed by atoms with E-state index in [9.17, 15) is 13.6 Å². The summed E-state index contributed by atoms with van der Waals surface area (Å²) in [6.07, 6.45) is 4.79. The van der Waals surface area contributed by atoms with Crippen LogP contribution < -0.4 is 9.47 Å². The summed E-state index contributed by atoms with van der Waals surface area (Å²) in [7, 11) is 1.37. The fraction of sp³-hybridized carbons (Fsp3) is 0.567. The Labute approximate surface area is 232 Å². The number of benzene rings is 2. The number of hydrogen-bond acceptors (Lipinski definition) is 5. The minimum absolute atomic E-state index is 0.117. The lowest BCUT2D eigenvalue weighted by Crippen LogP contribution is -2.50. The van der Waals surface area contributed by atoms with Crippen LogP contribution in [0.5, 0.6) is 11.5 Å². The second-order valence-electron chi connectivity index (χ2n) is 11.2. The molecule has 0 bridgehead atoms. The first-order valence-electron chi connectivity index (χ1n) is 13.7. The largest absolute Gasteiger partial charge is 0.484 e. The fourth-order valence-corrected chi connectivity index (χ4v) is 6.62. The van der Waals surface area contributed by atoms with Gasteiger partial charge in [0, 0.05) is 35.6 Å². The van der Waals surface area contributed by atoms with Gasteiger partial charge >= 0.3 is 12.6 Å². The lowest BCUT2D eigenvalue weighted by molar-refractivity contribution is -0.145. The number of hydrogen-bond donors (Lipinski definition) is 0. The first-order chi connectivity index (χ1) is 18.6. The summed E-state index contributed by atoms with van der Waals surface area (Å²) in [5.74, 6) is -0.680. The average Bonchev–Trinajstić information content (AvgIpc) is 3.76. The van der Waals surface area contributed by atoms with Crippen LogP contribution in [0.2, 0.25) is 5.02 Å². The number of likely N-dealkylation sites (tertiary alicyclic amines) is 1. The van der Waals surface area contributed by atoms with Gasteiger partial charge in [0.2, 0.25) is 0 Å². The van der Waals surface area contributed by atoms with E-state index >= 15 is 4.39 Å². The number of fused-ring (bicyclic) bond motifs is 1. The Morgan fingerprint density at radius 1 is 1.10 bits per heavy atom. The average molecular weight is 566 g/mol. The van der Waals surface area contributed by atoms with Crippen LogP contribution in [-0.4, -0.2) is 43.3 Å². The van der Waals surface area contributed by atoms with Crippen molar-refractivity contribution in [1.29, 1.82) is 0 Å². The van der Waals surface area contributed by atoms with Gasteiger partial charge in [-0.2, -0.15) is 8.78 Å². The number of ether oxygens (including phenoxy) is 3. The number of esters is 1. The maximum Gasteiger partial charge on any atom is 0.387 e. The number of aryl methyl sites for hydroxylation is 1. The van der Waals surface area contributed by atoms with E-state index in [0.717, 1.165) is 24.8 Å². The first kappa shape index (κ1) is 28.1. The molecule has 1 saturated heterocycles. The van der Waals surface area contributed by atoms with Gasteiger partial charge in [0.05, 0.1) is 13.0 Å². The molecule has 3 atom stereocenters. The van der Waals surface area contributed by atoms with Crippen LogP contribution in [0.4, 0.5) is 13.2 Å². The van der Waals surface area contributed by atoms with Crippen LogP contribution in [-0.2, 0) is 16.0 Å². The highest BCUT2D eigenvalue weighted by Gasteiger charge is 2.44. The van der Waals surface area contributed by atoms with Crippen molar-refractivity contribution >= 4 is 17.6 Å². The summed E-state index contributed by atoms with van der Waals surface area (Å²) in [4.78, 5) is 14.5. The summed E-state index contributed by atoms with van der Waals surface area (Å²) in [6.45, 7) is 2.15. The number of piperidine rings is 1. The van der Waals surface area contributed by atoms with Gasteiger partial charge in [-0.3, -0.25) is 9.69 Å². The lowest BCUT2D eigenvalue weighted by Gasteiger charge is -2.46. The first-order valence-corrected chi connectivity index (χ1v) is 14.1. The van der Waals surface area contributed by atoms with E-state index in [1.165, 1.54) is 19.2 Å². The van der Waals surface area contributed by atoms with E-state index in [1.807, 2.05) is 26.0 Å². The molecule has 1 spiro atoms. The van der Waals surface area contributed by atoms with Gasteiger partial charge in [-0.1, -0.05) is 30.7 Å². The highest BCUT2D eigenvalue weighted by molar-refractivity contribution is 6.30. The van der Waals surface area contributed by atoms with Crippen LogP contribution in [0.3, 0.4) is 0 Å². The number of methoxy groups -OCH3 is 1. The summed E-state index contributed by atoms with van der Waals surface area (Å²) >= 11 is 6.18. The van der Waals surface area contributed by atoms with Crippen molar-refractivity contribution in [3.8, 4) is 11.5 Å². The van der Waals surface area contributed by atoms with Gasteiger partial charge in [-0.05, 0) is 80.7 Å². The molecule has 3 unspecified atom stereocenters. The van der Waals surface area contributed by atoms with Crippen LogP contribution in [0.15, 0.2) is 30.3 Å². The smallest absolute Gasteiger partial charge is 0.387 e. The maximum absolute atomic E-state index is 16.1. The molecule has 9 heteroatoms.